The molecular weight excluding hydrogens is 410 g/mol. The fourth-order valence-electron chi connectivity index (χ4n) is 2.92. The van der Waals surface area contributed by atoms with Gasteiger partial charge in [-0.3, -0.25) is 9.69 Å². The Hall–Kier alpha value is -2.84. The van der Waals surface area contributed by atoms with Gasteiger partial charge in [0.15, 0.2) is 11.5 Å². The lowest BCUT2D eigenvalue weighted by molar-refractivity contribution is -0.145. The number of hydrogen-bond donors (Lipinski definition) is 2. The molecule has 1 aliphatic heterocycles. The van der Waals surface area contributed by atoms with Crippen LogP contribution < -0.4 is 4.74 Å². The van der Waals surface area contributed by atoms with Crippen LogP contribution in [0.4, 0.5) is 0 Å². The molecule has 1 aliphatic rings. The van der Waals surface area contributed by atoms with Gasteiger partial charge in [-0.05, 0) is 36.3 Å². The third kappa shape index (κ3) is 4.78. The molecule has 2 aromatic rings. The summed E-state index contributed by atoms with van der Waals surface area (Å²) >= 11 is 6.37. The molecule has 1 fully saturated rings. The molecule has 2 N–H and O–H groups in total. The van der Waals surface area contributed by atoms with Crippen molar-refractivity contribution in [1.82, 2.24) is 4.90 Å². The van der Waals surface area contributed by atoms with Gasteiger partial charge in [-0.15, -0.1) is 0 Å². The van der Waals surface area contributed by atoms with Crippen LogP contribution in [0.5, 0.6) is 11.5 Å². The SMILES string of the molecule is CCOc1cc(/C=C2\SC(=S)N([C@H](Cc3ccccc3)C(=O)O)C2=O)ccc1O. The van der Waals surface area contributed by atoms with E-state index >= 15 is 0 Å². The van der Waals surface area contributed by atoms with Crippen LogP contribution in [0.1, 0.15) is 18.1 Å². The van der Waals surface area contributed by atoms with Gasteiger partial charge >= 0.3 is 5.97 Å². The number of rotatable bonds is 7. The average molecular weight is 430 g/mol. The van der Waals surface area contributed by atoms with E-state index in [2.05, 4.69) is 0 Å². The van der Waals surface area contributed by atoms with E-state index in [0.29, 0.717) is 22.8 Å². The maximum Gasteiger partial charge on any atom is 0.327 e. The molecule has 0 radical (unpaired) electrons. The van der Waals surface area contributed by atoms with Crippen molar-refractivity contribution in [3.05, 3.63) is 64.6 Å². The number of carbonyl (C=O) groups is 2. The molecule has 0 aliphatic carbocycles. The highest BCUT2D eigenvalue weighted by Gasteiger charge is 2.40. The second kappa shape index (κ2) is 9.11. The van der Waals surface area contributed by atoms with Gasteiger partial charge in [-0.25, -0.2) is 4.79 Å². The fourth-order valence-corrected chi connectivity index (χ4v) is 4.27. The van der Waals surface area contributed by atoms with Crippen LogP contribution in [0.15, 0.2) is 53.4 Å². The van der Waals surface area contributed by atoms with E-state index < -0.39 is 17.9 Å². The number of aliphatic carboxylic acids is 1. The quantitative estimate of drug-likeness (QED) is 0.513. The van der Waals surface area contributed by atoms with Crippen molar-refractivity contribution in [3.8, 4) is 11.5 Å². The van der Waals surface area contributed by atoms with Gasteiger partial charge in [-0.1, -0.05) is 60.4 Å². The lowest BCUT2D eigenvalue weighted by atomic mass is 10.0. The molecule has 1 amide bonds. The first kappa shape index (κ1) is 20.9. The molecule has 0 bridgehead atoms. The van der Waals surface area contributed by atoms with Crippen molar-refractivity contribution < 1.29 is 24.5 Å². The first-order valence-corrected chi connectivity index (χ1v) is 10.1. The normalized spacial score (nSPS) is 16.3. The first-order chi connectivity index (χ1) is 13.9. The Kier molecular flexibility index (Phi) is 6.56. The molecule has 150 valence electrons. The minimum absolute atomic E-state index is 0.00495. The Morgan fingerprint density at radius 3 is 2.66 bits per heavy atom. The molecule has 0 saturated carbocycles. The van der Waals surface area contributed by atoms with Crippen molar-refractivity contribution >= 4 is 46.3 Å². The summed E-state index contributed by atoms with van der Waals surface area (Å²) in [5, 5.41) is 19.5. The Morgan fingerprint density at radius 1 is 1.28 bits per heavy atom. The van der Waals surface area contributed by atoms with E-state index in [-0.39, 0.29) is 16.5 Å². The van der Waals surface area contributed by atoms with E-state index in [4.69, 9.17) is 17.0 Å². The van der Waals surface area contributed by atoms with E-state index in [1.807, 2.05) is 30.3 Å². The maximum absolute atomic E-state index is 12.9. The van der Waals surface area contributed by atoms with E-state index in [1.54, 1.807) is 25.1 Å². The number of amides is 1. The summed E-state index contributed by atoms with van der Waals surface area (Å²) in [7, 11) is 0. The molecular formula is C21H19NO5S2. The van der Waals surface area contributed by atoms with E-state index in [1.165, 1.54) is 6.07 Å². The van der Waals surface area contributed by atoms with Crippen LogP contribution in [-0.2, 0) is 16.0 Å². The second-order valence-electron chi connectivity index (χ2n) is 6.26. The monoisotopic (exact) mass is 429 g/mol. The highest BCUT2D eigenvalue weighted by molar-refractivity contribution is 8.26. The van der Waals surface area contributed by atoms with Crippen molar-refractivity contribution in [2.75, 3.05) is 6.61 Å². The molecule has 0 spiro atoms. The van der Waals surface area contributed by atoms with Gasteiger partial charge < -0.3 is 14.9 Å². The van der Waals surface area contributed by atoms with Crippen LogP contribution in [0, 0.1) is 0 Å². The number of phenols is 1. The minimum Gasteiger partial charge on any atom is -0.504 e. The highest BCUT2D eigenvalue weighted by atomic mass is 32.2. The molecule has 1 atom stereocenters. The fraction of sp³-hybridized carbons (Fsp3) is 0.190. The summed E-state index contributed by atoms with van der Waals surface area (Å²) in [6.45, 7) is 2.19. The summed E-state index contributed by atoms with van der Waals surface area (Å²) in [4.78, 5) is 26.3. The second-order valence-corrected chi connectivity index (χ2v) is 7.93. The van der Waals surface area contributed by atoms with Gasteiger partial charge in [0.05, 0.1) is 11.5 Å². The lowest BCUT2D eigenvalue weighted by Gasteiger charge is -2.23. The number of carboxylic acids is 1. The predicted octanol–water partition coefficient (Wildman–Crippen LogP) is 3.69. The van der Waals surface area contributed by atoms with Crippen molar-refractivity contribution in [3.63, 3.8) is 0 Å². The summed E-state index contributed by atoms with van der Waals surface area (Å²) in [6.07, 6.45) is 1.77. The van der Waals surface area contributed by atoms with Gasteiger partial charge in [0, 0.05) is 6.42 Å². The Labute approximate surface area is 177 Å². The van der Waals surface area contributed by atoms with Gasteiger partial charge in [0.2, 0.25) is 0 Å². The number of carboxylic acid groups (broad SMARTS) is 1. The summed E-state index contributed by atoms with van der Waals surface area (Å²) in [5.74, 6) is -1.25. The minimum atomic E-state index is -1.12. The molecule has 3 rings (SSSR count). The molecule has 1 saturated heterocycles. The van der Waals surface area contributed by atoms with Crippen molar-refractivity contribution in [1.29, 1.82) is 0 Å². The summed E-state index contributed by atoms with van der Waals surface area (Å²) in [5.41, 5.74) is 1.44. The Balaban J connectivity index is 1.87. The predicted molar refractivity (Wildman–Crippen MR) is 116 cm³/mol. The van der Waals surface area contributed by atoms with E-state index in [9.17, 15) is 19.8 Å². The zero-order valence-corrected chi connectivity index (χ0v) is 17.2. The Morgan fingerprint density at radius 2 is 2.00 bits per heavy atom. The Bertz CT molecular complexity index is 974. The standard InChI is InChI=1S/C21H19NO5S2/c1-2-27-17-11-14(8-9-16(17)23)12-18-19(24)22(21(28)29-18)15(20(25)26)10-13-6-4-3-5-7-13/h3-9,11-12,15,23H,2,10H2,1H3,(H,25,26)/b18-12-/t15-/m1/s1. The number of thiocarbonyl (C=S) groups is 1. The topological polar surface area (TPSA) is 87.1 Å². The number of hydrogen-bond acceptors (Lipinski definition) is 6. The zero-order valence-electron chi connectivity index (χ0n) is 15.6. The first-order valence-electron chi connectivity index (χ1n) is 8.90. The molecule has 6 nitrogen and oxygen atoms in total. The van der Waals surface area contributed by atoms with Crippen LogP contribution in [0.2, 0.25) is 0 Å². The lowest BCUT2D eigenvalue weighted by Crippen LogP contribution is -2.45. The number of carbonyl (C=O) groups excluding carboxylic acids is 1. The van der Waals surface area contributed by atoms with Crippen LogP contribution >= 0.6 is 24.0 Å². The molecule has 0 unspecified atom stereocenters. The maximum atomic E-state index is 12.9. The van der Waals surface area contributed by atoms with Gasteiger partial charge in [0.1, 0.15) is 10.4 Å². The number of nitrogens with zero attached hydrogens (tertiary/aromatic N) is 1. The number of ether oxygens (including phenoxy) is 1. The van der Waals surface area contributed by atoms with Crippen molar-refractivity contribution in [2.24, 2.45) is 0 Å². The van der Waals surface area contributed by atoms with Crippen LogP contribution in [0.3, 0.4) is 0 Å². The summed E-state index contributed by atoms with van der Waals surface area (Å²) < 4.78 is 5.56. The molecule has 0 aromatic heterocycles. The number of aromatic hydroxyl groups is 1. The van der Waals surface area contributed by atoms with Gasteiger partial charge in [0.25, 0.3) is 5.91 Å². The molecule has 2 aromatic carbocycles. The largest absolute Gasteiger partial charge is 0.504 e. The highest BCUT2D eigenvalue weighted by Crippen LogP contribution is 2.36. The number of thioether (sulfide) groups is 1. The van der Waals surface area contributed by atoms with Crippen LogP contribution in [0.25, 0.3) is 6.08 Å². The molecule has 1 heterocycles. The van der Waals surface area contributed by atoms with Crippen LogP contribution in [-0.4, -0.2) is 44.0 Å². The smallest absolute Gasteiger partial charge is 0.327 e. The number of benzene rings is 2. The zero-order chi connectivity index (χ0) is 21.0. The molecule has 8 heteroatoms. The number of phenolic OH excluding ortho intramolecular Hbond substituents is 1. The third-order valence-electron chi connectivity index (χ3n) is 4.27. The van der Waals surface area contributed by atoms with Gasteiger partial charge in [-0.2, -0.15) is 0 Å². The van der Waals surface area contributed by atoms with E-state index in [0.717, 1.165) is 22.2 Å². The third-order valence-corrected chi connectivity index (χ3v) is 5.60. The molecule has 29 heavy (non-hydrogen) atoms. The average Bonchev–Trinajstić information content (AvgIpc) is 2.96. The van der Waals surface area contributed by atoms with Crippen molar-refractivity contribution in [2.45, 2.75) is 19.4 Å². The summed E-state index contributed by atoms with van der Waals surface area (Å²) in [6, 6.07) is 12.8.